The number of amides is 1. The highest BCUT2D eigenvalue weighted by Crippen LogP contribution is 2.15. The van der Waals surface area contributed by atoms with Crippen molar-refractivity contribution in [2.24, 2.45) is 0 Å². The highest BCUT2D eigenvalue weighted by Gasteiger charge is 2.20. The molecule has 0 fully saturated rings. The van der Waals surface area contributed by atoms with E-state index >= 15 is 0 Å². The van der Waals surface area contributed by atoms with Crippen LogP contribution in [0.25, 0.3) is 0 Å². The van der Waals surface area contributed by atoms with Crippen LogP contribution in [0.2, 0.25) is 0 Å². The van der Waals surface area contributed by atoms with E-state index in [1.165, 1.54) is 7.11 Å². The maximum Gasteiger partial charge on any atom is 0.314 e. The number of nitrogens with one attached hydrogen (secondary N) is 2. The predicted octanol–water partition coefficient (Wildman–Crippen LogP) is 0.669. The minimum Gasteiger partial charge on any atom is -0.469 e. The summed E-state index contributed by atoms with van der Waals surface area (Å²) in [5.41, 5.74) is 0.873. The Kier molecular flexibility index (Phi) is 6.60. The summed E-state index contributed by atoms with van der Waals surface area (Å²) in [5.74, 6) is -0.797. The van der Waals surface area contributed by atoms with Crippen LogP contribution in [-0.2, 0) is 14.3 Å². The lowest BCUT2D eigenvalue weighted by atomic mass is 9.99. The number of likely N-dealkylation sites (N-methyl/N-ethyl adjacent to an activating group) is 1. The van der Waals surface area contributed by atoms with E-state index in [2.05, 4.69) is 10.6 Å². The molecule has 0 radical (unpaired) electrons. The van der Waals surface area contributed by atoms with Gasteiger partial charge in [0.25, 0.3) is 0 Å². The lowest BCUT2D eigenvalue weighted by molar-refractivity contribution is -0.142. The number of carbonyl (C=O) groups excluding carboxylic acids is 2. The molecule has 5 nitrogen and oxygen atoms in total. The molecule has 2 N–H and O–H groups in total. The molecule has 1 atom stereocenters. The van der Waals surface area contributed by atoms with E-state index in [1.54, 1.807) is 0 Å². The summed E-state index contributed by atoms with van der Waals surface area (Å²) in [6.45, 7) is 3.01. The van der Waals surface area contributed by atoms with Gasteiger partial charge in [0.2, 0.25) is 5.91 Å². The van der Waals surface area contributed by atoms with Crippen molar-refractivity contribution < 1.29 is 14.3 Å². The van der Waals surface area contributed by atoms with E-state index in [4.69, 9.17) is 4.74 Å². The second-order valence-electron chi connectivity index (χ2n) is 4.07. The molecule has 0 heterocycles. The van der Waals surface area contributed by atoms with Crippen LogP contribution in [0.5, 0.6) is 0 Å². The quantitative estimate of drug-likeness (QED) is 0.710. The van der Waals surface area contributed by atoms with Gasteiger partial charge in [-0.1, -0.05) is 30.3 Å². The van der Waals surface area contributed by atoms with E-state index in [-0.39, 0.29) is 18.4 Å². The van der Waals surface area contributed by atoms with Crippen molar-refractivity contribution in [2.45, 2.75) is 12.8 Å². The Labute approximate surface area is 113 Å². The fourth-order valence-corrected chi connectivity index (χ4v) is 1.75. The first-order valence-corrected chi connectivity index (χ1v) is 6.29. The summed E-state index contributed by atoms with van der Waals surface area (Å²) in [6.07, 6.45) is 0. The molecule has 5 heteroatoms. The van der Waals surface area contributed by atoms with Crippen molar-refractivity contribution >= 4 is 11.9 Å². The molecule has 1 amide bonds. The van der Waals surface area contributed by atoms with Gasteiger partial charge in [0.05, 0.1) is 19.6 Å². The Morgan fingerprint density at radius 3 is 2.53 bits per heavy atom. The van der Waals surface area contributed by atoms with Crippen LogP contribution in [0, 0.1) is 0 Å². The summed E-state index contributed by atoms with van der Waals surface area (Å²) in [5, 5.41) is 5.66. The fourth-order valence-electron chi connectivity index (χ4n) is 1.75. The zero-order valence-corrected chi connectivity index (χ0v) is 11.3. The van der Waals surface area contributed by atoms with Gasteiger partial charge in [-0.15, -0.1) is 0 Å². The molecule has 0 saturated carbocycles. The molecule has 0 aliphatic rings. The minimum absolute atomic E-state index is 0.0841. The third kappa shape index (κ3) is 5.09. The maximum atomic E-state index is 11.8. The van der Waals surface area contributed by atoms with Crippen molar-refractivity contribution in [3.8, 4) is 0 Å². The Morgan fingerprint density at radius 2 is 1.95 bits per heavy atom. The topological polar surface area (TPSA) is 67.4 Å². The van der Waals surface area contributed by atoms with Gasteiger partial charge < -0.3 is 15.4 Å². The summed E-state index contributed by atoms with van der Waals surface area (Å²) >= 11 is 0. The van der Waals surface area contributed by atoms with Crippen molar-refractivity contribution in [3.63, 3.8) is 0 Å². The normalized spacial score (nSPS) is 11.7. The minimum atomic E-state index is -0.402. The van der Waals surface area contributed by atoms with Gasteiger partial charge in [-0.25, -0.2) is 0 Å². The molecule has 1 unspecified atom stereocenters. The average molecular weight is 264 g/mol. The largest absolute Gasteiger partial charge is 0.469 e. The molecule has 0 bridgehead atoms. The standard InChI is InChI=1S/C14H20N2O3/c1-3-16-13(17)10-15-9-12(14(18)19-2)11-7-5-4-6-8-11/h4-8,12,15H,3,9-10H2,1-2H3,(H,16,17). The summed E-state index contributed by atoms with van der Waals surface area (Å²) in [4.78, 5) is 23.1. The zero-order chi connectivity index (χ0) is 14.1. The molecular weight excluding hydrogens is 244 g/mol. The van der Waals surface area contributed by atoms with Gasteiger partial charge in [0, 0.05) is 13.1 Å². The van der Waals surface area contributed by atoms with Gasteiger partial charge in [-0.05, 0) is 12.5 Å². The lowest BCUT2D eigenvalue weighted by Crippen LogP contribution is -2.37. The first-order chi connectivity index (χ1) is 9.19. The number of hydrogen-bond donors (Lipinski definition) is 2. The summed E-state index contributed by atoms with van der Waals surface area (Å²) < 4.78 is 4.79. The second-order valence-corrected chi connectivity index (χ2v) is 4.07. The monoisotopic (exact) mass is 264 g/mol. The third-order valence-corrected chi connectivity index (χ3v) is 2.70. The number of rotatable bonds is 7. The van der Waals surface area contributed by atoms with Crippen LogP contribution in [0.15, 0.2) is 30.3 Å². The maximum absolute atomic E-state index is 11.8. The van der Waals surface area contributed by atoms with Crippen molar-refractivity contribution in [3.05, 3.63) is 35.9 Å². The summed E-state index contributed by atoms with van der Waals surface area (Å²) in [7, 11) is 1.36. The van der Waals surface area contributed by atoms with Crippen LogP contribution in [0.1, 0.15) is 18.4 Å². The molecular formula is C14H20N2O3. The number of methoxy groups -OCH3 is 1. The summed E-state index contributed by atoms with van der Waals surface area (Å²) in [6, 6.07) is 9.37. The zero-order valence-electron chi connectivity index (χ0n) is 11.3. The van der Waals surface area contributed by atoms with Crippen LogP contribution in [0.3, 0.4) is 0 Å². The van der Waals surface area contributed by atoms with Gasteiger partial charge in [-0.2, -0.15) is 0 Å². The molecule has 19 heavy (non-hydrogen) atoms. The molecule has 0 aliphatic carbocycles. The molecule has 0 spiro atoms. The molecule has 1 aromatic rings. The molecule has 0 aromatic heterocycles. The van der Waals surface area contributed by atoms with Crippen LogP contribution in [-0.4, -0.2) is 38.6 Å². The van der Waals surface area contributed by atoms with Gasteiger partial charge in [0.1, 0.15) is 0 Å². The van der Waals surface area contributed by atoms with Crippen LogP contribution >= 0.6 is 0 Å². The number of ether oxygens (including phenoxy) is 1. The van der Waals surface area contributed by atoms with E-state index in [1.807, 2.05) is 37.3 Å². The molecule has 0 aliphatic heterocycles. The highest BCUT2D eigenvalue weighted by atomic mass is 16.5. The number of benzene rings is 1. The van der Waals surface area contributed by atoms with E-state index in [0.717, 1.165) is 5.56 Å². The van der Waals surface area contributed by atoms with E-state index in [9.17, 15) is 9.59 Å². The molecule has 0 saturated heterocycles. The van der Waals surface area contributed by atoms with Crippen molar-refractivity contribution in [1.29, 1.82) is 0 Å². The van der Waals surface area contributed by atoms with E-state index in [0.29, 0.717) is 13.1 Å². The predicted molar refractivity (Wildman–Crippen MR) is 72.8 cm³/mol. The number of esters is 1. The van der Waals surface area contributed by atoms with Gasteiger partial charge >= 0.3 is 5.97 Å². The third-order valence-electron chi connectivity index (χ3n) is 2.70. The lowest BCUT2D eigenvalue weighted by Gasteiger charge is -2.15. The van der Waals surface area contributed by atoms with E-state index < -0.39 is 5.92 Å². The average Bonchev–Trinajstić information content (AvgIpc) is 2.44. The molecule has 1 rings (SSSR count). The molecule has 1 aromatic carbocycles. The van der Waals surface area contributed by atoms with Crippen LogP contribution < -0.4 is 10.6 Å². The number of carbonyl (C=O) groups is 2. The van der Waals surface area contributed by atoms with Gasteiger partial charge in [0.15, 0.2) is 0 Å². The Hall–Kier alpha value is -1.88. The number of hydrogen-bond acceptors (Lipinski definition) is 4. The Balaban J connectivity index is 2.57. The van der Waals surface area contributed by atoms with Crippen molar-refractivity contribution in [2.75, 3.05) is 26.7 Å². The Morgan fingerprint density at radius 1 is 1.26 bits per heavy atom. The second kappa shape index (κ2) is 8.26. The first-order valence-electron chi connectivity index (χ1n) is 6.29. The first kappa shape index (κ1) is 15.2. The van der Waals surface area contributed by atoms with Gasteiger partial charge in [-0.3, -0.25) is 9.59 Å². The van der Waals surface area contributed by atoms with Crippen molar-refractivity contribution in [1.82, 2.24) is 10.6 Å². The highest BCUT2D eigenvalue weighted by molar-refractivity contribution is 5.79. The SMILES string of the molecule is CCNC(=O)CNCC(C(=O)OC)c1ccccc1. The smallest absolute Gasteiger partial charge is 0.314 e. The molecule has 104 valence electrons. The van der Waals surface area contributed by atoms with Crippen LogP contribution in [0.4, 0.5) is 0 Å². The Bertz CT molecular complexity index is 406. The fraction of sp³-hybridized carbons (Fsp3) is 0.429.